The van der Waals surface area contributed by atoms with Crippen LogP contribution >= 0.6 is 0 Å². The standard InChI is InChI=1S/C20H15F3O2/c1-2-25-19(24)17-11-8-16(9-12-17)14-18(20(21,22)23)13-10-15-6-4-3-5-7-15/h3-9,11-12,14H,2H2,1H3/b18-14-. The van der Waals surface area contributed by atoms with E-state index in [9.17, 15) is 18.0 Å². The van der Waals surface area contributed by atoms with Crippen LogP contribution in [-0.4, -0.2) is 18.8 Å². The van der Waals surface area contributed by atoms with Crippen LogP contribution in [0.3, 0.4) is 0 Å². The molecule has 0 aromatic heterocycles. The highest BCUT2D eigenvalue weighted by Gasteiger charge is 2.32. The third-order valence-electron chi connectivity index (χ3n) is 3.15. The van der Waals surface area contributed by atoms with Gasteiger partial charge in [-0.2, -0.15) is 13.2 Å². The zero-order chi connectivity index (χ0) is 18.3. The average Bonchev–Trinajstić information content (AvgIpc) is 2.59. The van der Waals surface area contributed by atoms with E-state index < -0.39 is 17.7 Å². The molecule has 0 aliphatic rings. The Hall–Kier alpha value is -3.00. The molecule has 0 saturated carbocycles. The maximum absolute atomic E-state index is 13.2. The number of halogens is 3. The van der Waals surface area contributed by atoms with Crippen molar-refractivity contribution in [1.82, 2.24) is 0 Å². The molecule has 0 fully saturated rings. The first-order valence-electron chi connectivity index (χ1n) is 7.53. The van der Waals surface area contributed by atoms with E-state index in [0.29, 0.717) is 11.1 Å². The van der Waals surface area contributed by atoms with Crippen molar-refractivity contribution in [1.29, 1.82) is 0 Å². The molecule has 2 aromatic carbocycles. The summed E-state index contributed by atoms with van der Waals surface area (Å²) in [5, 5.41) is 0. The SMILES string of the molecule is CCOC(=O)c1ccc(/C=C(/C#Cc2ccccc2)C(F)(F)F)cc1. The summed E-state index contributed by atoms with van der Waals surface area (Å²) in [5.41, 5.74) is 0.112. The van der Waals surface area contributed by atoms with E-state index >= 15 is 0 Å². The lowest BCUT2D eigenvalue weighted by Crippen LogP contribution is -2.10. The quantitative estimate of drug-likeness (QED) is 0.587. The summed E-state index contributed by atoms with van der Waals surface area (Å²) in [6, 6.07) is 14.1. The van der Waals surface area contributed by atoms with E-state index in [4.69, 9.17) is 4.74 Å². The number of esters is 1. The van der Waals surface area contributed by atoms with Crippen LogP contribution in [0, 0.1) is 11.8 Å². The van der Waals surface area contributed by atoms with E-state index in [-0.39, 0.29) is 12.2 Å². The Labute approximate surface area is 143 Å². The van der Waals surface area contributed by atoms with Gasteiger partial charge in [0.1, 0.15) is 5.57 Å². The third-order valence-corrected chi connectivity index (χ3v) is 3.15. The molecule has 2 rings (SSSR count). The number of alkyl halides is 3. The molecule has 128 valence electrons. The summed E-state index contributed by atoms with van der Waals surface area (Å²) in [4.78, 5) is 11.6. The fraction of sp³-hybridized carbons (Fsp3) is 0.150. The zero-order valence-electron chi connectivity index (χ0n) is 13.4. The van der Waals surface area contributed by atoms with Gasteiger partial charge in [0.2, 0.25) is 0 Å². The predicted octanol–water partition coefficient (Wildman–Crippen LogP) is 4.86. The van der Waals surface area contributed by atoms with Gasteiger partial charge in [-0.05, 0) is 42.8 Å². The van der Waals surface area contributed by atoms with E-state index in [2.05, 4.69) is 11.8 Å². The van der Waals surface area contributed by atoms with E-state index in [1.165, 1.54) is 24.3 Å². The van der Waals surface area contributed by atoms with Crippen LogP contribution in [0.2, 0.25) is 0 Å². The molecule has 0 unspecified atom stereocenters. The summed E-state index contributed by atoms with van der Waals surface area (Å²) < 4.78 is 44.3. The van der Waals surface area contributed by atoms with Gasteiger partial charge in [0.15, 0.2) is 0 Å². The second kappa shape index (κ2) is 8.20. The second-order valence-corrected chi connectivity index (χ2v) is 5.01. The molecular weight excluding hydrogens is 329 g/mol. The normalized spacial score (nSPS) is 11.4. The lowest BCUT2D eigenvalue weighted by atomic mass is 10.1. The fourth-order valence-corrected chi connectivity index (χ4v) is 1.95. The number of ether oxygens (including phenoxy) is 1. The Bertz CT molecular complexity index is 808. The highest BCUT2D eigenvalue weighted by atomic mass is 19.4. The van der Waals surface area contributed by atoms with Crippen molar-refractivity contribution in [2.45, 2.75) is 13.1 Å². The first-order valence-corrected chi connectivity index (χ1v) is 7.53. The first kappa shape index (κ1) is 18.3. The van der Waals surface area contributed by atoms with Gasteiger partial charge < -0.3 is 4.74 Å². The molecule has 0 spiro atoms. The minimum absolute atomic E-state index is 0.230. The summed E-state index contributed by atoms with van der Waals surface area (Å²) in [6.45, 7) is 1.91. The number of carbonyl (C=O) groups is 1. The molecule has 5 heteroatoms. The lowest BCUT2D eigenvalue weighted by molar-refractivity contribution is -0.0863. The van der Waals surface area contributed by atoms with Gasteiger partial charge in [0.25, 0.3) is 0 Å². The zero-order valence-corrected chi connectivity index (χ0v) is 13.4. The summed E-state index contributed by atoms with van der Waals surface area (Å²) >= 11 is 0. The van der Waals surface area contributed by atoms with Crippen molar-refractivity contribution in [3.8, 4) is 11.8 Å². The van der Waals surface area contributed by atoms with Gasteiger partial charge in [0.05, 0.1) is 12.2 Å². The van der Waals surface area contributed by atoms with Gasteiger partial charge in [-0.1, -0.05) is 42.2 Å². The number of carbonyl (C=O) groups excluding carboxylic acids is 1. The fourth-order valence-electron chi connectivity index (χ4n) is 1.95. The minimum Gasteiger partial charge on any atom is -0.462 e. The molecule has 0 radical (unpaired) electrons. The van der Waals surface area contributed by atoms with Crippen molar-refractivity contribution in [2.75, 3.05) is 6.61 Å². The monoisotopic (exact) mass is 344 g/mol. The number of rotatable bonds is 3. The van der Waals surface area contributed by atoms with Gasteiger partial charge in [-0.15, -0.1) is 0 Å². The minimum atomic E-state index is -4.57. The average molecular weight is 344 g/mol. The van der Waals surface area contributed by atoms with Crippen molar-refractivity contribution in [3.05, 3.63) is 76.9 Å². The summed E-state index contributed by atoms with van der Waals surface area (Å²) in [6.07, 6.45) is -3.62. The third kappa shape index (κ3) is 5.54. The topological polar surface area (TPSA) is 26.3 Å². The highest BCUT2D eigenvalue weighted by molar-refractivity contribution is 5.89. The Morgan fingerprint density at radius 3 is 2.28 bits per heavy atom. The number of benzene rings is 2. The largest absolute Gasteiger partial charge is 0.462 e. The maximum Gasteiger partial charge on any atom is 0.424 e. The Morgan fingerprint density at radius 1 is 1.08 bits per heavy atom. The molecule has 0 amide bonds. The summed E-state index contributed by atoms with van der Waals surface area (Å²) in [5.74, 6) is 4.17. The molecule has 0 atom stereocenters. The first-order chi connectivity index (χ1) is 11.9. The van der Waals surface area contributed by atoms with Crippen molar-refractivity contribution < 1.29 is 22.7 Å². The second-order valence-electron chi connectivity index (χ2n) is 5.01. The molecule has 0 heterocycles. The van der Waals surface area contributed by atoms with E-state index in [1.54, 1.807) is 37.3 Å². The molecule has 0 saturated heterocycles. The summed E-state index contributed by atoms with van der Waals surface area (Å²) in [7, 11) is 0. The highest BCUT2D eigenvalue weighted by Crippen LogP contribution is 2.27. The van der Waals surface area contributed by atoms with Crippen LogP contribution in [0.15, 0.2) is 60.2 Å². The molecular formula is C20H15F3O2. The van der Waals surface area contributed by atoms with Crippen LogP contribution in [0.5, 0.6) is 0 Å². The number of hydrogen-bond donors (Lipinski definition) is 0. The number of hydrogen-bond acceptors (Lipinski definition) is 2. The number of allylic oxidation sites excluding steroid dienone is 1. The molecule has 0 aliphatic heterocycles. The predicted molar refractivity (Wildman–Crippen MR) is 89.8 cm³/mol. The van der Waals surface area contributed by atoms with Crippen molar-refractivity contribution >= 4 is 12.0 Å². The molecule has 2 aromatic rings. The van der Waals surface area contributed by atoms with E-state index in [0.717, 1.165) is 6.08 Å². The maximum atomic E-state index is 13.2. The van der Waals surface area contributed by atoms with Gasteiger partial charge in [-0.25, -0.2) is 4.79 Å². The van der Waals surface area contributed by atoms with Crippen molar-refractivity contribution in [2.24, 2.45) is 0 Å². The van der Waals surface area contributed by atoms with Crippen LogP contribution in [0.25, 0.3) is 6.08 Å². The van der Waals surface area contributed by atoms with Gasteiger partial charge in [0, 0.05) is 5.56 Å². The van der Waals surface area contributed by atoms with Crippen molar-refractivity contribution in [3.63, 3.8) is 0 Å². The van der Waals surface area contributed by atoms with E-state index in [1.807, 2.05) is 0 Å². The lowest BCUT2D eigenvalue weighted by Gasteiger charge is -2.06. The van der Waals surface area contributed by atoms with Crippen LogP contribution in [0.4, 0.5) is 13.2 Å². The molecule has 0 N–H and O–H groups in total. The smallest absolute Gasteiger partial charge is 0.424 e. The Kier molecular flexibility index (Phi) is 6.02. The van der Waals surface area contributed by atoms with Gasteiger partial charge in [-0.3, -0.25) is 0 Å². The van der Waals surface area contributed by atoms with Gasteiger partial charge >= 0.3 is 12.1 Å². The van der Waals surface area contributed by atoms with Crippen LogP contribution in [-0.2, 0) is 4.74 Å². The molecule has 0 bridgehead atoms. The molecule has 25 heavy (non-hydrogen) atoms. The molecule has 0 aliphatic carbocycles. The molecule has 2 nitrogen and oxygen atoms in total. The Morgan fingerprint density at radius 2 is 1.72 bits per heavy atom. The Balaban J connectivity index is 2.29. The van der Waals surface area contributed by atoms with Crippen LogP contribution in [0.1, 0.15) is 28.4 Å². The van der Waals surface area contributed by atoms with Crippen LogP contribution < -0.4 is 0 Å².